The summed E-state index contributed by atoms with van der Waals surface area (Å²) in [6.07, 6.45) is 0. The summed E-state index contributed by atoms with van der Waals surface area (Å²) in [5, 5.41) is 7.31. The Hall–Kier alpha value is -2.70. The molecule has 0 atom stereocenters. The number of aromatic nitrogens is 3. The van der Waals surface area contributed by atoms with Gasteiger partial charge in [0.2, 0.25) is 0 Å². The molecule has 2 aromatic rings. The number of nitrogens with two attached hydrogens (primary N) is 1. The van der Waals surface area contributed by atoms with Crippen molar-refractivity contribution in [3.05, 3.63) is 47.3 Å². The van der Waals surface area contributed by atoms with Gasteiger partial charge in [-0.05, 0) is 12.5 Å². The summed E-state index contributed by atoms with van der Waals surface area (Å²) in [5.41, 5.74) is 6.52. The molecular weight excluding hydrogens is 260 g/mol. The van der Waals surface area contributed by atoms with Gasteiger partial charge >= 0.3 is 5.97 Å². The number of ether oxygens (including phenoxy) is 1. The van der Waals surface area contributed by atoms with Crippen molar-refractivity contribution in [3.8, 4) is 0 Å². The Morgan fingerprint density at radius 1 is 1.30 bits per heavy atom. The molecule has 0 bridgehead atoms. The van der Waals surface area contributed by atoms with E-state index >= 15 is 0 Å². The first-order chi connectivity index (χ1) is 9.58. The number of carbonyl (C=O) groups excluding carboxylic acids is 2. The largest absolute Gasteiger partial charge is 0.459 e. The second kappa shape index (κ2) is 5.96. The quantitative estimate of drug-likeness (QED) is 0.797. The number of primary amides is 1. The Morgan fingerprint density at radius 2 is 2.00 bits per heavy atom. The minimum Gasteiger partial charge on any atom is -0.459 e. The van der Waals surface area contributed by atoms with Crippen LogP contribution in [-0.4, -0.2) is 26.9 Å². The lowest BCUT2D eigenvalue weighted by molar-refractivity contribution is -0.146. The van der Waals surface area contributed by atoms with Crippen LogP contribution in [0, 0.1) is 6.92 Å². The zero-order valence-corrected chi connectivity index (χ0v) is 10.9. The number of hydrogen-bond acceptors (Lipinski definition) is 5. The first-order valence-electron chi connectivity index (χ1n) is 5.97. The lowest BCUT2D eigenvalue weighted by Gasteiger charge is -2.05. The highest BCUT2D eigenvalue weighted by Crippen LogP contribution is 2.04. The van der Waals surface area contributed by atoms with Gasteiger partial charge < -0.3 is 10.5 Å². The van der Waals surface area contributed by atoms with Crippen LogP contribution in [0.4, 0.5) is 0 Å². The molecule has 0 unspecified atom stereocenters. The molecule has 2 rings (SSSR count). The molecule has 0 saturated heterocycles. The van der Waals surface area contributed by atoms with Crippen molar-refractivity contribution in [2.75, 3.05) is 0 Å². The van der Waals surface area contributed by atoms with Crippen LogP contribution in [0.2, 0.25) is 0 Å². The van der Waals surface area contributed by atoms with Crippen molar-refractivity contribution >= 4 is 11.9 Å². The highest BCUT2D eigenvalue weighted by molar-refractivity contribution is 5.91. The molecule has 7 nitrogen and oxygen atoms in total. The number of carbonyl (C=O) groups is 2. The van der Waals surface area contributed by atoms with Gasteiger partial charge in [0.1, 0.15) is 13.2 Å². The fourth-order valence-electron chi connectivity index (χ4n) is 1.64. The van der Waals surface area contributed by atoms with Gasteiger partial charge in [0.25, 0.3) is 5.91 Å². The fraction of sp³-hybridized carbons (Fsp3) is 0.231. The van der Waals surface area contributed by atoms with Crippen LogP contribution in [0.15, 0.2) is 30.3 Å². The molecule has 104 valence electrons. The van der Waals surface area contributed by atoms with Gasteiger partial charge in [-0.3, -0.25) is 9.59 Å². The Kier molecular flexibility index (Phi) is 4.09. The standard InChI is InChI=1S/C13H14N4O3/c1-9-12(13(14)19)15-16-17(9)7-11(18)20-8-10-5-3-2-4-6-10/h2-6H,7-8H2,1H3,(H2,14,19). The van der Waals surface area contributed by atoms with Crippen LogP contribution in [0.3, 0.4) is 0 Å². The van der Waals surface area contributed by atoms with E-state index in [2.05, 4.69) is 10.3 Å². The Balaban J connectivity index is 1.93. The number of rotatable bonds is 5. The molecule has 0 fully saturated rings. The minimum atomic E-state index is -0.675. The normalized spacial score (nSPS) is 10.2. The number of esters is 1. The molecule has 1 amide bonds. The van der Waals surface area contributed by atoms with Gasteiger partial charge in [-0.25, -0.2) is 4.68 Å². The maximum Gasteiger partial charge on any atom is 0.328 e. The molecule has 0 spiro atoms. The Morgan fingerprint density at radius 3 is 2.60 bits per heavy atom. The van der Waals surface area contributed by atoms with Crippen molar-refractivity contribution in [3.63, 3.8) is 0 Å². The molecule has 0 aliphatic carbocycles. The second-order valence-electron chi connectivity index (χ2n) is 4.19. The summed E-state index contributed by atoms with van der Waals surface area (Å²) in [6, 6.07) is 9.33. The molecule has 20 heavy (non-hydrogen) atoms. The number of benzene rings is 1. The summed E-state index contributed by atoms with van der Waals surface area (Å²) in [6.45, 7) is 1.69. The van der Waals surface area contributed by atoms with E-state index in [9.17, 15) is 9.59 Å². The maximum atomic E-state index is 11.7. The van der Waals surface area contributed by atoms with Crippen LogP contribution in [0.5, 0.6) is 0 Å². The van der Waals surface area contributed by atoms with E-state index < -0.39 is 11.9 Å². The molecule has 0 saturated carbocycles. The zero-order chi connectivity index (χ0) is 14.5. The lowest BCUT2D eigenvalue weighted by atomic mass is 10.2. The van der Waals surface area contributed by atoms with Crippen LogP contribution < -0.4 is 5.73 Å². The lowest BCUT2D eigenvalue weighted by Crippen LogP contribution is -2.17. The minimum absolute atomic E-state index is 0.0564. The predicted octanol–water partition coefficient (Wildman–Crippen LogP) is 0.429. The predicted molar refractivity (Wildman–Crippen MR) is 69.5 cm³/mol. The highest BCUT2D eigenvalue weighted by atomic mass is 16.5. The van der Waals surface area contributed by atoms with E-state index in [4.69, 9.17) is 10.5 Å². The van der Waals surface area contributed by atoms with Crippen LogP contribution in [0.25, 0.3) is 0 Å². The molecule has 0 aliphatic rings. The van der Waals surface area contributed by atoms with Gasteiger partial charge in [-0.2, -0.15) is 0 Å². The molecule has 7 heteroatoms. The first-order valence-corrected chi connectivity index (χ1v) is 5.97. The van der Waals surface area contributed by atoms with Crippen LogP contribution in [0.1, 0.15) is 21.7 Å². The third kappa shape index (κ3) is 3.19. The number of hydrogen-bond donors (Lipinski definition) is 1. The van der Waals surface area contributed by atoms with E-state index in [0.717, 1.165) is 5.56 Å². The highest BCUT2D eigenvalue weighted by Gasteiger charge is 2.15. The molecule has 0 radical (unpaired) electrons. The molecule has 1 aromatic carbocycles. The smallest absolute Gasteiger partial charge is 0.328 e. The van der Waals surface area contributed by atoms with E-state index in [1.165, 1.54) is 4.68 Å². The van der Waals surface area contributed by atoms with Gasteiger partial charge in [0.15, 0.2) is 5.69 Å². The third-order valence-electron chi connectivity index (χ3n) is 2.74. The summed E-state index contributed by atoms with van der Waals surface area (Å²) in [4.78, 5) is 22.7. The summed E-state index contributed by atoms with van der Waals surface area (Å²) < 4.78 is 6.40. The van der Waals surface area contributed by atoms with Gasteiger partial charge in [-0.1, -0.05) is 35.5 Å². The number of nitrogens with zero attached hydrogens (tertiary/aromatic N) is 3. The molecule has 2 N–H and O–H groups in total. The van der Waals surface area contributed by atoms with Crippen molar-refractivity contribution in [1.29, 1.82) is 0 Å². The van der Waals surface area contributed by atoms with Crippen LogP contribution >= 0.6 is 0 Å². The zero-order valence-electron chi connectivity index (χ0n) is 10.9. The van der Waals surface area contributed by atoms with Gasteiger partial charge in [-0.15, -0.1) is 5.10 Å². The summed E-state index contributed by atoms with van der Waals surface area (Å²) >= 11 is 0. The molecular formula is C13H14N4O3. The van der Waals surface area contributed by atoms with Gasteiger partial charge in [0.05, 0.1) is 5.69 Å². The summed E-state index contributed by atoms with van der Waals surface area (Å²) in [5.74, 6) is -1.13. The SMILES string of the molecule is Cc1c(C(N)=O)nnn1CC(=O)OCc1ccccc1. The van der Waals surface area contributed by atoms with Crippen molar-refractivity contribution in [2.24, 2.45) is 5.73 Å². The Labute approximate surface area is 115 Å². The van der Waals surface area contributed by atoms with Crippen LogP contribution in [-0.2, 0) is 22.7 Å². The monoisotopic (exact) mass is 274 g/mol. The average molecular weight is 274 g/mol. The average Bonchev–Trinajstić information content (AvgIpc) is 2.79. The summed E-state index contributed by atoms with van der Waals surface area (Å²) in [7, 11) is 0. The Bertz CT molecular complexity index is 622. The second-order valence-corrected chi connectivity index (χ2v) is 4.19. The van der Waals surface area contributed by atoms with Gasteiger partial charge in [0, 0.05) is 0 Å². The van der Waals surface area contributed by atoms with Crippen molar-refractivity contribution in [2.45, 2.75) is 20.1 Å². The molecule has 0 aliphatic heterocycles. The van der Waals surface area contributed by atoms with Crippen molar-refractivity contribution in [1.82, 2.24) is 15.0 Å². The van der Waals surface area contributed by atoms with Crippen molar-refractivity contribution < 1.29 is 14.3 Å². The fourth-order valence-corrected chi connectivity index (χ4v) is 1.64. The third-order valence-corrected chi connectivity index (χ3v) is 2.74. The maximum absolute atomic E-state index is 11.7. The molecule has 1 aromatic heterocycles. The first kappa shape index (κ1) is 13.7. The van der Waals surface area contributed by atoms with E-state index in [1.54, 1.807) is 6.92 Å². The van der Waals surface area contributed by atoms with E-state index in [1.807, 2.05) is 30.3 Å². The van der Waals surface area contributed by atoms with E-state index in [-0.39, 0.29) is 18.8 Å². The molecule has 1 heterocycles. The topological polar surface area (TPSA) is 100 Å². The number of amides is 1. The van der Waals surface area contributed by atoms with E-state index in [0.29, 0.717) is 5.69 Å².